The van der Waals surface area contributed by atoms with Crippen LogP contribution in [-0.4, -0.2) is 23.6 Å². The summed E-state index contributed by atoms with van der Waals surface area (Å²) in [5, 5.41) is 14.2. The van der Waals surface area contributed by atoms with Crippen LogP contribution in [0.5, 0.6) is 5.75 Å². The summed E-state index contributed by atoms with van der Waals surface area (Å²) in [6.45, 7) is -3.00. The standard InChI is InChI=1S/C13H15F2N3O3/c14-12(15)21-9-5-2-1-4-8(9)17-11(19)13(6-3-7-13)10(16)18-20/h1-2,4-5,12,20H,3,6-7H2,(H2,16,18)(H,17,19). The van der Waals surface area contributed by atoms with Crippen molar-refractivity contribution in [3.05, 3.63) is 24.3 Å². The zero-order valence-electron chi connectivity index (χ0n) is 11.1. The molecule has 1 aliphatic rings. The molecule has 1 aromatic rings. The molecular formula is C13H15F2N3O3. The highest BCUT2D eigenvalue weighted by Gasteiger charge is 2.48. The van der Waals surface area contributed by atoms with Crippen molar-refractivity contribution in [2.24, 2.45) is 16.3 Å². The number of nitrogens with two attached hydrogens (primary N) is 1. The molecule has 0 aromatic heterocycles. The van der Waals surface area contributed by atoms with Crippen molar-refractivity contribution in [2.45, 2.75) is 25.9 Å². The minimum Gasteiger partial charge on any atom is -0.433 e. The van der Waals surface area contributed by atoms with Crippen LogP contribution in [0.15, 0.2) is 29.4 Å². The smallest absolute Gasteiger partial charge is 0.387 e. The van der Waals surface area contributed by atoms with Crippen LogP contribution in [0.1, 0.15) is 19.3 Å². The predicted molar refractivity (Wildman–Crippen MR) is 71.4 cm³/mol. The second kappa shape index (κ2) is 5.94. The highest BCUT2D eigenvalue weighted by Crippen LogP contribution is 2.42. The van der Waals surface area contributed by atoms with E-state index in [0.717, 1.165) is 6.42 Å². The van der Waals surface area contributed by atoms with Crippen LogP contribution in [0, 0.1) is 5.41 Å². The Morgan fingerprint density at radius 2 is 2.10 bits per heavy atom. The zero-order valence-corrected chi connectivity index (χ0v) is 11.1. The van der Waals surface area contributed by atoms with Crippen molar-refractivity contribution >= 4 is 17.4 Å². The number of benzene rings is 1. The van der Waals surface area contributed by atoms with Gasteiger partial charge in [-0.1, -0.05) is 23.7 Å². The van der Waals surface area contributed by atoms with Gasteiger partial charge >= 0.3 is 6.61 Å². The van der Waals surface area contributed by atoms with E-state index in [0.29, 0.717) is 12.8 Å². The lowest BCUT2D eigenvalue weighted by molar-refractivity contribution is -0.125. The number of para-hydroxylation sites is 2. The summed E-state index contributed by atoms with van der Waals surface area (Å²) in [7, 11) is 0. The highest BCUT2D eigenvalue weighted by molar-refractivity contribution is 6.12. The summed E-state index contributed by atoms with van der Waals surface area (Å²) >= 11 is 0. The quantitative estimate of drug-likeness (QED) is 0.336. The lowest BCUT2D eigenvalue weighted by Gasteiger charge is -2.38. The maximum Gasteiger partial charge on any atom is 0.387 e. The first-order valence-corrected chi connectivity index (χ1v) is 6.33. The number of alkyl halides is 2. The van der Waals surface area contributed by atoms with Gasteiger partial charge in [-0.2, -0.15) is 8.78 Å². The van der Waals surface area contributed by atoms with E-state index in [1.807, 2.05) is 0 Å². The van der Waals surface area contributed by atoms with E-state index in [1.54, 1.807) is 6.07 Å². The largest absolute Gasteiger partial charge is 0.433 e. The maximum atomic E-state index is 12.3. The molecule has 0 bridgehead atoms. The summed E-state index contributed by atoms with van der Waals surface area (Å²) in [4.78, 5) is 12.3. The lowest BCUT2D eigenvalue weighted by Crippen LogP contribution is -2.51. The van der Waals surface area contributed by atoms with Gasteiger partial charge < -0.3 is 21.0 Å². The summed E-state index contributed by atoms with van der Waals surface area (Å²) in [6, 6.07) is 5.84. The van der Waals surface area contributed by atoms with E-state index >= 15 is 0 Å². The van der Waals surface area contributed by atoms with Crippen LogP contribution in [0.4, 0.5) is 14.5 Å². The second-order valence-electron chi connectivity index (χ2n) is 4.75. The average molecular weight is 299 g/mol. The fourth-order valence-corrected chi connectivity index (χ4v) is 2.24. The van der Waals surface area contributed by atoms with Gasteiger partial charge in [-0.05, 0) is 25.0 Å². The van der Waals surface area contributed by atoms with Crippen LogP contribution in [0.2, 0.25) is 0 Å². The molecule has 1 saturated carbocycles. The van der Waals surface area contributed by atoms with Gasteiger partial charge in [0.25, 0.3) is 0 Å². The molecule has 4 N–H and O–H groups in total. The summed E-state index contributed by atoms with van der Waals surface area (Å²) < 4.78 is 29.0. The van der Waals surface area contributed by atoms with Crippen molar-refractivity contribution in [3.63, 3.8) is 0 Å². The van der Waals surface area contributed by atoms with Gasteiger partial charge in [0.15, 0.2) is 5.84 Å². The van der Waals surface area contributed by atoms with Gasteiger partial charge in [0.2, 0.25) is 5.91 Å². The number of anilines is 1. The molecule has 0 aliphatic heterocycles. The van der Waals surface area contributed by atoms with Crippen molar-refractivity contribution in [1.29, 1.82) is 0 Å². The number of nitrogens with zero attached hydrogens (tertiary/aromatic N) is 1. The molecular weight excluding hydrogens is 284 g/mol. The number of hydrogen-bond acceptors (Lipinski definition) is 4. The second-order valence-corrected chi connectivity index (χ2v) is 4.75. The Kier molecular flexibility index (Phi) is 4.25. The van der Waals surface area contributed by atoms with E-state index in [1.165, 1.54) is 18.2 Å². The van der Waals surface area contributed by atoms with E-state index in [2.05, 4.69) is 15.2 Å². The third-order valence-corrected chi connectivity index (χ3v) is 3.59. The zero-order chi connectivity index (χ0) is 15.5. The predicted octanol–water partition coefficient (Wildman–Crippen LogP) is 2.14. The Morgan fingerprint density at radius 3 is 2.62 bits per heavy atom. The molecule has 0 saturated heterocycles. The molecule has 1 aromatic carbocycles. The Morgan fingerprint density at radius 1 is 1.43 bits per heavy atom. The van der Waals surface area contributed by atoms with Crippen molar-refractivity contribution < 1.29 is 23.5 Å². The van der Waals surface area contributed by atoms with Crippen molar-refractivity contribution in [1.82, 2.24) is 0 Å². The highest BCUT2D eigenvalue weighted by atomic mass is 19.3. The Hall–Kier alpha value is -2.38. The number of oxime groups is 1. The van der Waals surface area contributed by atoms with Gasteiger partial charge in [-0.25, -0.2) is 0 Å². The number of nitrogens with one attached hydrogen (secondary N) is 1. The molecule has 6 nitrogen and oxygen atoms in total. The third kappa shape index (κ3) is 2.88. The van der Waals surface area contributed by atoms with Crippen LogP contribution in [-0.2, 0) is 4.79 Å². The van der Waals surface area contributed by atoms with Gasteiger partial charge in [0, 0.05) is 0 Å². The molecule has 2 rings (SSSR count). The number of carbonyl (C=O) groups excluding carboxylic acids is 1. The normalized spacial score (nSPS) is 17.2. The minimum absolute atomic E-state index is 0.111. The number of carbonyl (C=O) groups is 1. The SMILES string of the molecule is N/C(=N/O)C1(C(=O)Nc2ccccc2OC(F)F)CCC1. The first-order valence-electron chi connectivity index (χ1n) is 6.33. The number of rotatable bonds is 5. The van der Waals surface area contributed by atoms with Crippen molar-refractivity contribution in [2.75, 3.05) is 5.32 Å². The fraction of sp³-hybridized carbons (Fsp3) is 0.385. The molecule has 114 valence electrons. The monoisotopic (exact) mass is 299 g/mol. The molecule has 0 atom stereocenters. The fourth-order valence-electron chi connectivity index (χ4n) is 2.24. The average Bonchev–Trinajstić information content (AvgIpc) is 2.39. The summed E-state index contributed by atoms with van der Waals surface area (Å²) in [5.41, 5.74) is 4.59. The molecule has 8 heteroatoms. The summed E-state index contributed by atoms with van der Waals surface area (Å²) in [6.07, 6.45) is 1.64. The van der Waals surface area contributed by atoms with Crippen LogP contribution < -0.4 is 15.8 Å². The lowest BCUT2D eigenvalue weighted by atomic mass is 9.67. The summed E-state index contributed by atoms with van der Waals surface area (Å²) in [5.74, 6) is -0.831. The van der Waals surface area contributed by atoms with Gasteiger partial charge in [0.05, 0.1) is 5.69 Å². The number of ether oxygens (including phenoxy) is 1. The van der Waals surface area contributed by atoms with E-state index in [4.69, 9.17) is 10.9 Å². The molecule has 0 unspecified atom stereocenters. The van der Waals surface area contributed by atoms with E-state index in [9.17, 15) is 13.6 Å². The number of halogens is 2. The third-order valence-electron chi connectivity index (χ3n) is 3.59. The maximum absolute atomic E-state index is 12.3. The van der Waals surface area contributed by atoms with Crippen LogP contribution in [0.3, 0.4) is 0 Å². The molecule has 0 heterocycles. The first-order chi connectivity index (χ1) is 9.99. The number of hydrogen-bond donors (Lipinski definition) is 3. The molecule has 0 radical (unpaired) electrons. The van der Waals surface area contributed by atoms with E-state index in [-0.39, 0.29) is 17.3 Å². The Balaban J connectivity index is 2.20. The van der Waals surface area contributed by atoms with Gasteiger partial charge in [-0.15, -0.1) is 0 Å². The molecule has 1 fully saturated rings. The minimum atomic E-state index is -3.00. The van der Waals surface area contributed by atoms with Crippen molar-refractivity contribution in [3.8, 4) is 5.75 Å². The topological polar surface area (TPSA) is 96.9 Å². The van der Waals surface area contributed by atoms with Crippen LogP contribution in [0.25, 0.3) is 0 Å². The Labute approximate surface area is 119 Å². The molecule has 1 amide bonds. The number of amidine groups is 1. The van der Waals surface area contributed by atoms with Gasteiger partial charge in [-0.3, -0.25) is 4.79 Å². The Bertz CT molecular complexity index is 559. The van der Waals surface area contributed by atoms with E-state index < -0.39 is 17.9 Å². The first kappa shape index (κ1) is 15.0. The molecule has 0 spiro atoms. The van der Waals surface area contributed by atoms with Gasteiger partial charge in [0.1, 0.15) is 11.2 Å². The van der Waals surface area contributed by atoms with Crippen LogP contribution >= 0.6 is 0 Å². The number of amides is 1. The molecule has 1 aliphatic carbocycles. The molecule has 21 heavy (non-hydrogen) atoms.